The number of urea groups is 1. The molecule has 0 radical (unpaired) electrons. The van der Waals surface area contributed by atoms with Crippen molar-refractivity contribution in [3.05, 3.63) is 111 Å². The van der Waals surface area contributed by atoms with Gasteiger partial charge in [-0.25, -0.2) is 9.18 Å². The predicted molar refractivity (Wildman–Crippen MR) is 173 cm³/mol. The summed E-state index contributed by atoms with van der Waals surface area (Å²) in [5, 5.41) is 3.56. The fourth-order valence-corrected chi connectivity index (χ4v) is 5.28. The lowest BCUT2D eigenvalue weighted by Crippen LogP contribution is -2.46. The summed E-state index contributed by atoms with van der Waals surface area (Å²) in [6.07, 6.45) is 1.38. The lowest BCUT2D eigenvalue weighted by atomic mass is 9.93. The number of carbonyl (C=O) groups is 2. The maximum absolute atomic E-state index is 14.0. The summed E-state index contributed by atoms with van der Waals surface area (Å²) in [7, 11) is 0. The molecular weight excluding hydrogens is 557 g/mol. The predicted octanol–water partition coefficient (Wildman–Crippen LogP) is 7.90. The Bertz CT molecular complexity index is 1630. The molecule has 3 amide bonds. The molecule has 0 aliphatic heterocycles. The van der Waals surface area contributed by atoms with Gasteiger partial charge in [-0.3, -0.25) is 9.59 Å². The Labute approximate surface area is 258 Å². The van der Waals surface area contributed by atoms with E-state index in [9.17, 15) is 18.8 Å². The van der Waals surface area contributed by atoms with Crippen LogP contribution < -0.4 is 10.7 Å². The van der Waals surface area contributed by atoms with E-state index >= 15 is 0 Å². The van der Waals surface area contributed by atoms with Crippen molar-refractivity contribution in [3.63, 3.8) is 0 Å². The third-order valence-electron chi connectivity index (χ3n) is 7.56. The van der Waals surface area contributed by atoms with Crippen LogP contribution in [0.25, 0.3) is 11.0 Å². The molecule has 0 aliphatic carbocycles. The highest BCUT2D eigenvalue weighted by molar-refractivity contribution is 5.94. The van der Waals surface area contributed by atoms with E-state index in [1.807, 2.05) is 32.0 Å². The van der Waals surface area contributed by atoms with Gasteiger partial charge in [0.25, 0.3) is 0 Å². The number of fused-ring (bicyclic) bond motifs is 1. The Hall–Kier alpha value is -4.46. The first-order valence-electron chi connectivity index (χ1n) is 15.1. The Kier molecular flexibility index (Phi) is 10.6. The number of hydrogen-bond acceptors (Lipinski definition) is 4. The Balaban J connectivity index is 1.65. The fourth-order valence-electron chi connectivity index (χ4n) is 5.28. The molecule has 4 aromatic rings. The summed E-state index contributed by atoms with van der Waals surface area (Å²) >= 11 is 0. The topological polar surface area (TPSA) is 82.9 Å². The number of nitrogens with one attached hydrogen (secondary N) is 1. The van der Waals surface area contributed by atoms with Crippen LogP contribution in [0.5, 0.6) is 0 Å². The van der Waals surface area contributed by atoms with Crippen LogP contribution in [0.1, 0.15) is 75.6 Å². The van der Waals surface area contributed by atoms with E-state index in [1.54, 1.807) is 36.4 Å². The molecule has 8 heteroatoms. The number of anilines is 1. The molecule has 7 nitrogen and oxygen atoms in total. The van der Waals surface area contributed by atoms with Gasteiger partial charge in [0.1, 0.15) is 17.9 Å². The minimum atomic E-state index is -0.385. The van der Waals surface area contributed by atoms with Crippen molar-refractivity contribution in [2.75, 3.05) is 18.4 Å². The largest absolute Gasteiger partial charge is 0.464 e. The summed E-state index contributed by atoms with van der Waals surface area (Å²) in [4.78, 5) is 44.2. The zero-order valence-corrected chi connectivity index (χ0v) is 26.4. The first kappa shape index (κ1) is 32.5. The molecule has 3 aromatic carbocycles. The van der Waals surface area contributed by atoms with Gasteiger partial charge in [0, 0.05) is 18.8 Å². The maximum Gasteiger partial charge on any atom is 0.322 e. The van der Waals surface area contributed by atoms with Crippen LogP contribution in [-0.2, 0) is 17.9 Å². The molecular formula is C36H42FN3O4. The lowest BCUT2D eigenvalue weighted by molar-refractivity contribution is -0.133. The third-order valence-corrected chi connectivity index (χ3v) is 7.56. The second kappa shape index (κ2) is 14.3. The van der Waals surface area contributed by atoms with E-state index in [4.69, 9.17) is 4.42 Å². The number of hydrogen-bond donors (Lipinski definition) is 1. The number of halogens is 1. The zero-order chi connectivity index (χ0) is 32.0. The van der Waals surface area contributed by atoms with E-state index in [-0.39, 0.29) is 60.6 Å². The lowest BCUT2D eigenvalue weighted by Gasteiger charge is -2.30. The minimum absolute atomic E-state index is 0.0335. The van der Waals surface area contributed by atoms with Crippen LogP contribution in [0.4, 0.5) is 14.9 Å². The van der Waals surface area contributed by atoms with Gasteiger partial charge in [-0.05, 0) is 58.7 Å². The van der Waals surface area contributed by atoms with Crippen molar-refractivity contribution in [1.82, 2.24) is 9.80 Å². The summed E-state index contributed by atoms with van der Waals surface area (Å²) in [5.41, 5.74) is 4.07. The van der Waals surface area contributed by atoms with E-state index in [2.05, 4.69) is 33.0 Å². The van der Waals surface area contributed by atoms with Crippen LogP contribution in [0, 0.1) is 11.7 Å². The van der Waals surface area contributed by atoms with E-state index in [0.29, 0.717) is 28.6 Å². The van der Waals surface area contributed by atoms with Gasteiger partial charge in [-0.2, -0.15) is 0 Å². The average Bonchev–Trinajstić information content (AvgIpc) is 2.98. The molecule has 0 bridgehead atoms. The molecule has 0 spiro atoms. The quantitative estimate of drug-likeness (QED) is 0.190. The number of benzene rings is 3. The average molecular weight is 600 g/mol. The molecule has 44 heavy (non-hydrogen) atoms. The van der Waals surface area contributed by atoms with Gasteiger partial charge in [0.15, 0.2) is 5.43 Å². The number of nitrogens with zero attached hydrogens (tertiary/aromatic N) is 2. The molecule has 232 valence electrons. The van der Waals surface area contributed by atoms with Crippen molar-refractivity contribution in [1.29, 1.82) is 0 Å². The van der Waals surface area contributed by atoms with Crippen LogP contribution in [-0.4, -0.2) is 34.8 Å². The van der Waals surface area contributed by atoms with Crippen LogP contribution in [0.15, 0.2) is 82.2 Å². The first-order valence-corrected chi connectivity index (χ1v) is 15.1. The van der Waals surface area contributed by atoms with E-state index in [1.165, 1.54) is 28.2 Å². The second-order valence-corrected chi connectivity index (χ2v) is 12.3. The van der Waals surface area contributed by atoms with Crippen LogP contribution in [0.3, 0.4) is 0 Å². The van der Waals surface area contributed by atoms with Crippen molar-refractivity contribution in [3.8, 4) is 0 Å². The Morgan fingerprint density at radius 3 is 2.07 bits per heavy atom. The number of rotatable bonds is 11. The SMILES string of the molecule is CC(C)CN(CC(=O)N(Cc1ccc(F)cc1)Cc1coc2ccccc2c1=O)C(=O)Nc1c(C(C)C)cccc1C(C)C. The molecule has 1 aromatic heterocycles. The van der Waals surface area contributed by atoms with Crippen molar-refractivity contribution >= 4 is 28.6 Å². The monoisotopic (exact) mass is 599 g/mol. The smallest absolute Gasteiger partial charge is 0.322 e. The molecule has 0 unspecified atom stereocenters. The second-order valence-electron chi connectivity index (χ2n) is 12.3. The van der Waals surface area contributed by atoms with Gasteiger partial charge >= 0.3 is 6.03 Å². The standard InChI is InChI=1S/C36H42FN3O4/c1-23(2)18-40(36(43)38-34-29(24(3)4)11-9-12-30(34)25(5)6)21-33(41)39(19-26-14-16-28(37)17-15-26)20-27-22-44-32-13-8-7-10-31(32)35(27)42/h7-17,22-25H,18-21H2,1-6H3,(H,38,43). The maximum atomic E-state index is 14.0. The van der Waals surface area contributed by atoms with Crippen LogP contribution in [0.2, 0.25) is 0 Å². The summed E-state index contributed by atoms with van der Waals surface area (Å²) in [6, 6.07) is 18.5. The van der Waals surface area contributed by atoms with Crippen LogP contribution >= 0.6 is 0 Å². The summed E-state index contributed by atoms with van der Waals surface area (Å²) < 4.78 is 19.4. The summed E-state index contributed by atoms with van der Waals surface area (Å²) in [5.74, 6) is -0.271. The number of carbonyl (C=O) groups excluding carboxylic acids is 2. The Morgan fingerprint density at radius 2 is 1.45 bits per heavy atom. The van der Waals surface area contributed by atoms with Gasteiger partial charge in [0.05, 0.1) is 23.8 Å². The fraction of sp³-hybridized carbons (Fsp3) is 0.361. The molecule has 1 heterocycles. The number of amides is 3. The normalized spacial score (nSPS) is 11.4. The summed E-state index contributed by atoms with van der Waals surface area (Å²) in [6.45, 7) is 12.5. The Morgan fingerprint density at radius 1 is 0.818 bits per heavy atom. The van der Waals surface area contributed by atoms with Gasteiger partial charge in [0.2, 0.25) is 5.91 Å². The molecule has 0 fully saturated rings. The molecule has 0 atom stereocenters. The van der Waals surface area contributed by atoms with E-state index in [0.717, 1.165) is 16.8 Å². The molecule has 0 saturated heterocycles. The third kappa shape index (κ3) is 7.92. The van der Waals surface area contributed by atoms with Gasteiger partial charge in [-0.1, -0.05) is 84.0 Å². The highest BCUT2D eigenvalue weighted by Gasteiger charge is 2.25. The highest BCUT2D eigenvalue weighted by atomic mass is 19.1. The van der Waals surface area contributed by atoms with E-state index < -0.39 is 0 Å². The molecule has 0 aliphatic rings. The van der Waals surface area contributed by atoms with Crippen molar-refractivity contribution in [2.45, 2.75) is 66.5 Å². The zero-order valence-electron chi connectivity index (χ0n) is 26.4. The molecule has 1 N–H and O–H groups in total. The minimum Gasteiger partial charge on any atom is -0.464 e. The number of para-hydroxylation sites is 2. The highest BCUT2D eigenvalue weighted by Crippen LogP contribution is 2.32. The first-order chi connectivity index (χ1) is 20.9. The molecule has 4 rings (SSSR count). The van der Waals surface area contributed by atoms with Crippen molar-refractivity contribution in [2.24, 2.45) is 5.92 Å². The van der Waals surface area contributed by atoms with Crippen molar-refractivity contribution < 1.29 is 18.4 Å². The van der Waals surface area contributed by atoms with Gasteiger partial charge < -0.3 is 19.5 Å². The van der Waals surface area contributed by atoms with Gasteiger partial charge in [-0.15, -0.1) is 0 Å². The molecule has 0 saturated carbocycles.